The zero-order valence-corrected chi connectivity index (χ0v) is 22.5. The van der Waals surface area contributed by atoms with Crippen molar-refractivity contribution in [2.45, 2.75) is 59.7 Å². The van der Waals surface area contributed by atoms with Gasteiger partial charge in [-0.25, -0.2) is 9.59 Å². The van der Waals surface area contributed by atoms with Gasteiger partial charge in [0.05, 0.1) is 0 Å². The fraction of sp³-hybridized carbons (Fsp3) is 0.360. The summed E-state index contributed by atoms with van der Waals surface area (Å²) in [5, 5.41) is 8.12. The Morgan fingerprint density at radius 3 is 1.89 bits per heavy atom. The number of aliphatic imine (C=N–C) groups is 1. The molecule has 0 heterocycles. The van der Waals surface area contributed by atoms with Crippen molar-refractivity contribution in [3.63, 3.8) is 0 Å². The Kier molecular flexibility index (Phi) is 9.03. The number of amides is 3. The quantitative estimate of drug-likeness (QED) is 0.309. The lowest BCUT2D eigenvalue weighted by molar-refractivity contribution is 0.0562. The molecule has 0 radical (unpaired) electrons. The van der Waals surface area contributed by atoms with Crippen molar-refractivity contribution in [2.75, 3.05) is 10.6 Å². The van der Waals surface area contributed by atoms with Crippen LogP contribution in [0, 0.1) is 6.92 Å². The minimum atomic E-state index is -0.884. The maximum atomic E-state index is 12.6. The number of nitrogens with zero attached hydrogens (tertiary/aromatic N) is 1. The third-order valence-corrected chi connectivity index (χ3v) is 4.55. The smallest absolute Gasteiger partial charge is 0.437 e. The molecule has 188 valence electrons. The number of ether oxygens (including phenoxy) is 2. The number of hydrogen-bond acceptors (Lipinski definition) is 5. The zero-order valence-electron chi connectivity index (χ0n) is 20.9. The molecule has 3 N–H and O–H groups in total. The predicted molar refractivity (Wildman–Crippen MR) is 140 cm³/mol. The second-order valence-electron chi connectivity index (χ2n) is 9.68. The number of carbonyl (C=O) groups excluding carboxylic acids is 3. The van der Waals surface area contributed by atoms with Gasteiger partial charge in [-0.2, -0.15) is 0 Å². The summed E-state index contributed by atoms with van der Waals surface area (Å²) in [6.07, 6.45) is -1.68. The lowest BCUT2D eigenvalue weighted by Crippen LogP contribution is -2.40. The average Bonchev–Trinajstić information content (AvgIpc) is 2.66. The van der Waals surface area contributed by atoms with Crippen molar-refractivity contribution in [2.24, 2.45) is 4.99 Å². The molecular formula is C25H31BrN4O5. The van der Waals surface area contributed by atoms with Crippen molar-refractivity contribution in [1.82, 2.24) is 5.32 Å². The van der Waals surface area contributed by atoms with Crippen LogP contribution in [0.2, 0.25) is 0 Å². The van der Waals surface area contributed by atoms with Gasteiger partial charge >= 0.3 is 12.2 Å². The number of hydrogen-bond donors (Lipinski definition) is 3. The van der Waals surface area contributed by atoms with Crippen molar-refractivity contribution < 1.29 is 23.9 Å². The monoisotopic (exact) mass is 546 g/mol. The Hall–Kier alpha value is -3.40. The molecule has 10 heteroatoms. The van der Waals surface area contributed by atoms with Crippen LogP contribution in [-0.2, 0) is 9.47 Å². The van der Waals surface area contributed by atoms with E-state index >= 15 is 0 Å². The molecule has 0 bridgehead atoms. The lowest BCUT2D eigenvalue weighted by Gasteiger charge is -2.21. The van der Waals surface area contributed by atoms with E-state index in [1.807, 2.05) is 13.0 Å². The molecule has 2 rings (SSSR count). The van der Waals surface area contributed by atoms with Gasteiger partial charge < -0.3 is 20.1 Å². The third kappa shape index (κ3) is 10.2. The molecule has 0 saturated heterocycles. The second kappa shape index (κ2) is 11.4. The molecule has 0 aliphatic rings. The van der Waals surface area contributed by atoms with Gasteiger partial charge in [-0.3, -0.25) is 10.1 Å². The molecule has 0 aliphatic carbocycles. The van der Waals surface area contributed by atoms with Crippen LogP contribution in [0.1, 0.15) is 57.5 Å². The van der Waals surface area contributed by atoms with Crippen LogP contribution in [0.5, 0.6) is 0 Å². The van der Waals surface area contributed by atoms with Gasteiger partial charge in [-0.05, 0) is 96.5 Å². The highest BCUT2D eigenvalue weighted by Crippen LogP contribution is 2.19. The van der Waals surface area contributed by atoms with Crippen LogP contribution in [0.3, 0.4) is 0 Å². The Morgan fingerprint density at radius 2 is 1.37 bits per heavy atom. The van der Waals surface area contributed by atoms with E-state index in [1.165, 1.54) is 0 Å². The number of guanidine groups is 1. The topological polar surface area (TPSA) is 118 Å². The molecule has 0 aliphatic heterocycles. The third-order valence-electron chi connectivity index (χ3n) is 4.05. The van der Waals surface area contributed by atoms with Crippen LogP contribution in [0.15, 0.2) is 51.9 Å². The van der Waals surface area contributed by atoms with E-state index in [2.05, 4.69) is 36.9 Å². The van der Waals surface area contributed by atoms with E-state index in [1.54, 1.807) is 77.9 Å². The first-order valence-corrected chi connectivity index (χ1v) is 11.7. The summed E-state index contributed by atoms with van der Waals surface area (Å²) < 4.78 is 11.3. The number of halogens is 1. The van der Waals surface area contributed by atoms with Gasteiger partial charge in [0.15, 0.2) is 0 Å². The van der Waals surface area contributed by atoms with E-state index in [-0.39, 0.29) is 11.9 Å². The number of aryl methyl sites for hydroxylation is 1. The van der Waals surface area contributed by atoms with Crippen LogP contribution >= 0.6 is 15.9 Å². The minimum absolute atomic E-state index is 0.171. The van der Waals surface area contributed by atoms with Crippen LogP contribution in [0.25, 0.3) is 0 Å². The SMILES string of the molecule is Cc1cc(Br)ccc1C(=O)Nc1ccc(NC(=NC(=O)OC(C)(C)C)NC(=O)OC(C)(C)C)cc1. The molecule has 0 spiro atoms. The van der Waals surface area contributed by atoms with Gasteiger partial charge in [0.25, 0.3) is 5.91 Å². The Balaban J connectivity index is 2.15. The average molecular weight is 547 g/mol. The summed E-state index contributed by atoms with van der Waals surface area (Å²) in [5.41, 5.74) is 0.962. The highest BCUT2D eigenvalue weighted by atomic mass is 79.9. The summed E-state index contributed by atoms with van der Waals surface area (Å²) in [6, 6.07) is 12.1. The molecule has 0 fully saturated rings. The van der Waals surface area contributed by atoms with E-state index in [0.29, 0.717) is 16.9 Å². The summed E-state index contributed by atoms with van der Waals surface area (Å²) in [5.74, 6) is -0.412. The highest BCUT2D eigenvalue weighted by Gasteiger charge is 2.20. The summed E-state index contributed by atoms with van der Waals surface area (Å²) in [4.78, 5) is 40.8. The fourth-order valence-electron chi connectivity index (χ4n) is 2.72. The van der Waals surface area contributed by atoms with Crippen molar-refractivity contribution in [1.29, 1.82) is 0 Å². The number of rotatable bonds is 3. The molecule has 9 nitrogen and oxygen atoms in total. The lowest BCUT2D eigenvalue weighted by atomic mass is 10.1. The van der Waals surface area contributed by atoms with E-state index in [9.17, 15) is 14.4 Å². The first-order valence-electron chi connectivity index (χ1n) is 10.9. The number of carbonyl (C=O) groups is 3. The standard InChI is InChI=1S/C25H31BrN4O5/c1-15-14-16(26)8-13-19(15)20(31)27-17-9-11-18(12-10-17)28-21(29-22(32)34-24(2,3)4)30-23(33)35-25(5,6)7/h8-14H,1-7H3,(H,27,31)(H2,28,29,30,32,33). The maximum Gasteiger partial charge on any atom is 0.437 e. The van der Waals surface area contributed by atoms with Gasteiger partial charge in [-0.15, -0.1) is 4.99 Å². The Morgan fingerprint density at radius 1 is 0.829 bits per heavy atom. The molecule has 2 aromatic rings. The Bertz CT molecular complexity index is 1120. The molecule has 3 amide bonds. The van der Waals surface area contributed by atoms with Gasteiger partial charge in [0, 0.05) is 21.4 Å². The fourth-order valence-corrected chi connectivity index (χ4v) is 3.19. The largest absolute Gasteiger partial charge is 0.444 e. The molecular weight excluding hydrogens is 516 g/mol. The van der Waals surface area contributed by atoms with Gasteiger partial charge in [-0.1, -0.05) is 15.9 Å². The first-order chi connectivity index (χ1) is 16.1. The van der Waals surface area contributed by atoms with Gasteiger partial charge in [0.2, 0.25) is 5.96 Å². The van der Waals surface area contributed by atoms with Crippen LogP contribution < -0.4 is 16.0 Å². The highest BCUT2D eigenvalue weighted by molar-refractivity contribution is 9.10. The van der Waals surface area contributed by atoms with Crippen molar-refractivity contribution in [3.05, 3.63) is 58.1 Å². The summed E-state index contributed by atoms with van der Waals surface area (Å²) in [6.45, 7) is 12.1. The van der Waals surface area contributed by atoms with Crippen molar-refractivity contribution >= 4 is 51.4 Å². The summed E-state index contributed by atoms with van der Waals surface area (Å²) >= 11 is 3.39. The van der Waals surface area contributed by atoms with E-state index in [4.69, 9.17) is 9.47 Å². The molecule has 35 heavy (non-hydrogen) atoms. The molecule has 0 atom stereocenters. The van der Waals surface area contributed by atoms with Crippen LogP contribution in [-0.4, -0.2) is 35.3 Å². The second-order valence-corrected chi connectivity index (χ2v) is 10.6. The number of benzene rings is 2. The Labute approximate surface area is 213 Å². The van der Waals surface area contributed by atoms with E-state index < -0.39 is 23.4 Å². The number of alkyl carbamates (subject to hydrolysis) is 1. The molecule has 0 aromatic heterocycles. The minimum Gasteiger partial charge on any atom is -0.444 e. The molecule has 0 unspecified atom stereocenters. The first kappa shape index (κ1) is 27.8. The van der Waals surface area contributed by atoms with Crippen molar-refractivity contribution in [3.8, 4) is 0 Å². The summed E-state index contributed by atoms with van der Waals surface area (Å²) in [7, 11) is 0. The van der Waals surface area contributed by atoms with Gasteiger partial charge in [0.1, 0.15) is 11.2 Å². The predicted octanol–water partition coefficient (Wildman–Crippen LogP) is 6.24. The normalized spacial score (nSPS) is 11.9. The van der Waals surface area contributed by atoms with Crippen LogP contribution in [0.4, 0.5) is 21.0 Å². The maximum absolute atomic E-state index is 12.6. The molecule has 2 aromatic carbocycles. The van der Waals surface area contributed by atoms with E-state index in [0.717, 1.165) is 10.0 Å². The zero-order chi connectivity index (χ0) is 26.4. The number of anilines is 2. The molecule has 0 saturated carbocycles. The number of nitrogens with one attached hydrogen (secondary N) is 3.